The van der Waals surface area contributed by atoms with E-state index in [0.29, 0.717) is 0 Å². The summed E-state index contributed by atoms with van der Waals surface area (Å²) < 4.78 is 2.46. The van der Waals surface area contributed by atoms with Crippen molar-refractivity contribution in [1.82, 2.24) is 4.58 Å². The first kappa shape index (κ1) is 54.0. The third-order valence-electron chi connectivity index (χ3n) is 13.7. The molecule has 6 heteroatoms. The molecular weight excluding hydrogens is 829 g/mol. The Hall–Kier alpha value is -4.97. The van der Waals surface area contributed by atoms with Gasteiger partial charge in [-0.25, -0.2) is 0 Å². The zero-order chi connectivity index (χ0) is 48.4. The van der Waals surface area contributed by atoms with Crippen LogP contribution in [0, 0.1) is 0 Å². The molecule has 1 aliphatic carbocycles. The van der Waals surface area contributed by atoms with Crippen LogP contribution in [0.3, 0.4) is 0 Å². The molecule has 0 radical (unpaired) electrons. The zero-order valence-corrected chi connectivity index (χ0v) is 44.3. The van der Waals surface area contributed by atoms with E-state index in [4.69, 9.17) is 0 Å². The molecule has 0 heterocycles. The quantitative estimate of drug-likeness (QED) is 0.0442. The molecule has 0 saturated carbocycles. The number of unbranched alkanes of at least 4 members (excludes halogenated alkanes) is 8. The lowest BCUT2D eigenvalue weighted by molar-refractivity contribution is 0.678. The number of hydrogen-bond donors (Lipinski definition) is 0. The van der Waals surface area contributed by atoms with E-state index in [0.717, 1.165) is 52.4 Å². The third kappa shape index (κ3) is 16.1. The minimum atomic E-state index is 0.0333. The first-order valence-corrected chi connectivity index (χ1v) is 27.7. The third-order valence-corrected chi connectivity index (χ3v) is 13.7. The number of nitrogens with zero attached hydrogens (tertiary/aromatic N) is 6. The van der Waals surface area contributed by atoms with Crippen molar-refractivity contribution in [3.63, 3.8) is 0 Å². The van der Waals surface area contributed by atoms with Crippen LogP contribution in [0.15, 0.2) is 121 Å². The second kappa shape index (κ2) is 30.5. The molecule has 0 aliphatic heterocycles. The van der Waals surface area contributed by atoms with Gasteiger partial charge in [-0.15, -0.1) is 0 Å². The van der Waals surface area contributed by atoms with Gasteiger partial charge in [-0.2, -0.15) is 4.58 Å². The van der Waals surface area contributed by atoms with E-state index < -0.39 is 0 Å². The summed E-state index contributed by atoms with van der Waals surface area (Å²) in [5.74, 6) is 0. The lowest BCUT2D eigenvalue weighted by atomic mass is 10.0. The first-order valence-electron chi connectivity index (χ1n) is 27.7. The lowest BCUT2D eigenvalue weighted by Crippen LogP contribution is -2.31. The number of rotatable bonds is 33. The maximum absolute atomic E-state index is 2.59. The topological polar surface area (TPSA) is 19.2 Å². The molecule has 0 saturated heterocycles. The number of allylic oxidation sites excluding steroid dienone is 2. The summed E-state index contributed by atoms with van der Waals surface area (Å²) in [6.45, 7) is 27.2. The van der Waals surface area contributed by atoms with E-state index in [-0.39, 0.29) is 6.04 Å². The number of anilines is 6. The summed E-state index contributed by atoms with van der Waals surface area (Å²) in [4.78, 5) is 12.9. The Morgan fingerprint density at radius 2 is 0.529 bits per heavy atom. The fourth-order valence-corrected chi connectivity index (χ4v) is 9.32. The van der Waals surface area contributed by atoms with Gasteiger partial charge in [0, 0.05) is 123 Å². The van der Waals surface area contributed by atoms with Gasteiger partial charge in [0.05, 0.1) is 6.04 Å². The van der Waals surface area contributed by atoms with Gasteiger partial charge in [0.15, 0.2) is 0 Å². The summed E-state index contributed by atoms with van der Waals surface area (Å²) in [7, 11) is 0. The van der Waals surface area contributed by atoms with Gasteiger partial charge < -0.3 is 24.5 Å². The summed E-state index contributed by atoms with van der Waals surface area (Å²) in [6, 6.07) is 37.7. The van der Waals surface area contributed by atoms with Crippen molar-refractivity contribution >= 4 is 51.2 Å². The Kier molecular flexibility index (Phi) is 24.2. The molecule has 0 bridgehead atoms. The number of benzene rings is 4. The Labute approximate surface area is 416 Å². The van der Waals surface area contributed by atoms with Gasteiger partial charge in [0.2, 0.25) is 17.1 Å². The van der Waals surface area contributed by atoms with E-state index in [1.54, 1.807) is 0 Å². The SMILES string of the molecule is CCCCN(CCCC)c1ccc(N(c2ccc(N(CCCC)CCCC)cc2)C2C=CC(=[N+](c3ccc(N(CCCC)CCCC)cc3)c3ccc(N(CCCC)CCCC)cc3)C=C2)cc1. The Balaban J connectivity index is 1.57. The van der Waals surface area contributed by atoms with E-state index >= 15 is 0 Å². The molecule has 6 nitrogen and oxygen atoms in total. The highest BCUT2D eigenvalue weighted by Gasteiger charge is 2.25. The first-order chi connectivity index (χ1) is 33.4. The highest BCUT2D eigenvalue weighted by atomic mass is 15.2. The van der Waals surface area contributed by atoms with Gasteiger partial charge in [0.25, 0.3) is 0 Å². The summed E-state index contributed by atoms with van der Waals surface area (Å²) in [6.07, 6.45) is 28.9. The van der Waals surface area contributed by atoms with E-state index in [9.17, 15) is 0 Å². The Bertz CT molecular complexity index is 1870. The van der Waals surface area contributed by atoms with E-state index in [2.05, 4.69) is 206 Å². The molecule has 68 heavy (non-hydrogen) atoms. The van der Waals surface area contributed by atoms with Gasteiger partial charge in [-0.05, 0) is 124 Å². The summed E-state index contributed by atoms with van der Waals surface area (Å²) in [5, 5.41) is 0. The highest BCUT2D eigenvalue weighted by Crippen LogP contribution is 2.35. The molecule has 4 aromatic carbocycles. The van der Waals surface area contributed by atoms with Crippen molar-refractivity contribution in [3.05, 3.63) is 121 Å². The molecule has 0 spiro atoms. The molecule has 0 fully saturated rings. The van der Waals surface area contributed by atoms with Crippen LogP contribution >= 0.6 is 0 Å². The van der Waals surface area contributed by atoms with Crippen LogP contribution in [-0.2, 0) is 0 Å². The smallest absolute Gasteiger partial charge is 0.211 e. The van der Waals surface area contributed by atoms with Crippen molar-refractivity contribution in [2.75, 3.05) is 76.9 Å². The largest absolute Gasteiger partial charge is 0.372 e. The van der Waals surface area contributed by atoms with Crippen LogP contribution in [0.4, 0.5) is 45.5 Å². The standard InChI is InChI=1S/C62H93N6/c1-9-17-45-63(46-18-10-2)53-25-33-57(34-26-53)67(58-35-27-54(28-36-58)64(47-19-11-3)48-20-12-4)61-41-43-62(44-42-61)68(59-37-29-55(30-38-59)65(49-21-13-5)50-22-14-6)60-39-31-56(32-40-60)66(51-23-15-7)52-24-16-8/h25-44,61H,9-24,45-52H2,1-8H3/q+1. The normalized spacial score (nSPS) is 13.2. The Morgan fingerprint density at radius 1 is 0.309 bits per heavy atom. The molecule has 370 valence electrons. The van der Waals surface area contributed by atoms with Crippen LogP contribution in [0.25, 0.3) is 0 Å². The van der Waals surface area contributed by atoms with Crippen LogP contribution in [0.5, 0.6) is 0 Å². The van der Waals surface area contributed by atoms with Crippen LogP contribution < -0.4 is 29.1 Å². The van der Waals surface area contributed by atoms with Crippen LogP contribution in [0.1, 0.15) is 158 Å². The molecular formula is C62H93N6+. The zero-order valence-electron chi connectivity index (χ0n) is 44.3. The van der Waals surface area contributed by atoms with E-state index in [1.165, 1.54) is 154 Å². The summed E-state index contributed by atoms with van der Waals surface area (Å²) in [5.41, 5.74) is 11.2. The maximum atomic E-state index is 2.59. The van der Waals surface area contributed by atoms with Gasteiger partial charge in [-0.1, -0.05) is 119 Å². The van der Waals surface area contributed by atoms with Crippen molar-refractivity contribution in [3.8, 4) is 0 Å². The molecule has 4 aromatic rings. The highest BCUT2D eigenvalue weighted by molar-refractivity contribution is 6.08. The van der Waals surface area contributed by atoms with Crippen LogP contribution in [-0.4, -0.2) is 64.1 Å². The molecule has 5 rings (SSSR count). The number of hydrogen-bond acceptors (Lipinski definition) is 5. The van der Waals surface area contributed by atoms with Crippen molar-refractivity contribution in [1.29, 1.82) is 0 Å². The molecule has 0 aromatic heterocycles. The maximum Gasteiger partial charge on any atom is 0.211 e. The van der Waals surface area contributed by atoms with E-state index in [1.807, 2.05) is 0 Å². The van der Waals surface area contributed by atoms with Crippen molar-refractivity contribution in [2.45, 2.75) is 164 Å². The minimum Gasteiger partial charge on any atom is -0.372 e. The van der Waals surface area contributed by atoms with Crippen LogP contribution in [0.2, 0.25) is 0 Å². The fraction of sp³-hybridized carbons (Fsp3) is 0.532. The van der Waals surface area contributed by atoms with Gasteiger partial charge >= 0.3 is 0 Å². The summed E-state index contributed by atoms with van der Waals surface area (Å²) >= 11 is 0. The predicted octanol–water partition coefficient (Wildman–Crippen LogP) is 16.9. The minimum absolute atomic E-state index is 0.0333. The monoisotopic (exact) mass is 922 g/mol. The van der Waals surface area contributed by atoms with Crippen molar-refractivity contribution < 1.29 is 0 Å². The molecule has 0 N–H and O–H groups in total. The fourth-order valence-electron chi connectivity index (χ4n) is 9.32. The predicted molar refractivity (Wildman–Crippen MR) is 305 cm³/mol. The second-order valence-electron chi connectivity index (χ2n) is 19.2. The Morgan fingerprint density at radius 3 is 0.765 bits per heavy atom. The average Bonchev–Trinajstić information content (AvgIpc) is 3.38. The molecule has 0 unspecified atom stereocenters. The molecule has 0 amide bonds. The second-order valence-corrected chi connectivity index (χ2v) is 19.2. The van der Waals surface area contributed by atoms with Crippen molar-refractivity contribution in [2.24, 2.45) is 0 Å². The van der Waals surface area contributed by atoms with Gasteiger partial charge in [-0.3, -0.25) is 0 Å². The van der Waals surface area contributed by atoms with Gasteiger partial charge in [0.1, 0.15) is 0 Å². The molecule has 0 atom stereocenters. The lowest BCUT2D eigenvalue weighted by Gasteiger charge is -2.33. The average molecular weight is 922 g/mol. The molecule has 1 aliphatic rings.